The van der Waals surface area contributed by atoms with Crippen LogP contribution in [0.3, 0.4) is 0 Å². The molecule has 0 fully saturated rings. The Hall–Kier alpha value is 0.280. The van der Waals surface area contributed by atoms with Gasteiger partial charge < -0.3 is 9.47 Å². The van der Waals surface area contributed by atoms with Crippen molar-refractivity contribution in [2.75, 3.05) is 13.2 Å². The molecule has 0 bridgehead atoms. The van der Waals surface area contributed by atoms with Gasteiger partial charge in [0, 0.05) is 0 Å². The van der Waals surface area contributed by atoms with Crippen LogP contribution in [0.15, 0.2) is 12.1 Å². The lowest BCUT2D eigenvalue weighted by Crippen LogP contribution is -2.05. The second-order valence-electron chi connectivity index (χ2n) is 14.0. The van der Waals surface area contributed by atoms with Gasteiger partial charge in [-0.2, -0.15) is 0 Å². The minimum Gasteiger partial charge on any atom is -0.489 e. The van der Waals surface area contributed by atoms with Crippen LogP contribution >= 0.6 is 45.2 Å². The first-order valence-electron chi connectivity index (χ1n) is 20.4. The van der Waals surface area contributed by atoms with E-state index in [1.54, 1.807) is 0 Å². The Morgan fingerprint density at radius 2 is 0.522 bits per heavy atom. The quantitative estimate of drug-likeness (QED) is 0.0494. The molecule has 0 spiro atoms. The molecule has 0 aliphatic heterocycles. The van der Waals surface area contributed by atoms with Gasteiger partial charge in [0.2, 0.25) is 0 Å². The smallest absolute Gasteiger partial charge is 0.175 e. The molecule has 1 aromatic rings. The van der Waals surface area contributed by atoms with Crippen LogP contribution < -0.4 is 9.47 Å². The third-order valence-corrected chi connectivity index (χ3v) is 11.2. The second kappa shape index (κ2) is 35.1. The van der Waals surface area contributed by atoms with E-state index in [0.717, 1.165) is 44.7 Å². The Bertz CT molecular complexity index is 705. The molecule has 0 N–H and O–H groups in total. The van der Waals surface area contributed by atoms with E-state index >= 15 is 0 Å². The van der Waals surface area contributed by atoms with Crippen LogP contribution in [0, 0.1) is 7.14 Å². The third kappa shape index (κ3) is 27.1. The van der Waals surface area contributed by atoms with Gasteiger partial charge in [-0.05, 0) is 70.2 Å². The molecule has 0 atom stereocenters. The molecule has 4 heteroatoms. The SMILES string of the molecule is CCCCCCCCCCCCCCCCCCOc1c(I)ccc(I)c1OCCCCCCCCCCCCCCCCCC. The van der Waals surface area contributed by atoms with E-state index in [1.165, 1.54) is 193 Å². The zero-order valence-electron chi connectivity index (χ0n) is 30.8. The predicted octanol–water partition coefficient (Wildman–Crippen LogP) is 16.2. The number of hydrogen-bond acceptors (Lipinski definition) is 2. The van der Waals surface area contributed by atoms with Crippen molar-refractivity contribution in [1.82, 2.24) is 0 Å². The first-order valence-corrected chi connectivity index (χ1v) is 22.6. The molecule has 0 radical (unpaired) electrons. The van der Waals surface area contributed by atoms with Gasteiger partial charge in [0.05, 0.1) is 20.4 Å². The number of hydrogen-bond donors (Lipinski definition) is 0. The summed E-state index contributed by atoms with van der Waals surface area (Å²) in [6.07, 6.45) is 44.7. The fourth-order valence-electron chi connectivity index (χ4n) is 6.43. The van der Waals surface area contributed by atoms with Crippen molar-refractivity contribution in [3.8, 4) is 11.5 Å². The summed E-state index contributed by atoms with van der Waals surface area (Å²) in [5, 5.41) is 0. The van der Waals surface area contributed by atoms with Crippen LogP contribution in [-0.2, 0) is 0 Å². The van der Waals surface area contributed by atoms with Crippen molar-refractivity contribution in [2.24, 2.45) is 0 Å². The summed E-state index contributed by atoms with van der Waals surface area (Å²) in [6, 6.07) is 4.32. The molecular weight excluding hydrogens is 790 g/mol. The molecule has 0 unspecified atom stereocenters. The Morgan fingerprint density at radius 3 is 0.739 bits per heavy atom. The highest BCUT2D eigenvalue weighted by Gasteiger charge is 2.14. The lowest BCUT2D eigenvalue weighted by atomic mass is 10.0. The van der Waals surface area contributed by atoms with E-state index in [0.29, 0.717) is 0 Å². The third-order valence-electron chi connectivity index (χ3n) is 9.50. The summed E-state index contributed by atoms with van der Waals surface area (Å²) >= 11 is 4.81. The summed E-state index contributed by atoms with van der Waals surface area (Å²) in [5.74, 6) is 1.93. The first-order chi connectivity index (χ1) is 22.7. The predicted molar refractivity (Wildman–Crippen MR) is 222 cm³/mol. The normalized spacial score (nSPS) is 11.4. The monoisotopic (exact) mass is 866 g/mol. The molecule has 0 aliphatic rings. The molecule has 2 nitrogen and oxygen atoms in total. The Labute approximate surface area is 315 Å². The minimum atomic E-state index is 0.796. The van der Waals surface area contributed by atoms with Crippen LogP contribution in [-0.4, -0.2) is 13.2 Å². The Balaban J connectivity index is 2.00. The van der Waals surface area contributed by atoms with Crippen molar-refractivity contribution >= 4 is 45.2 Å². The molecule has 0 aliphatic carbocycles. The maximum absolute atomic E-state index is 6.31. The van der Waals surface area contributed by atoms with Gasteiger partial charge in [-0.3, -0.25) is 0 Å². The van der Waals surface area contributed by atoms with Crippen LogP contribution in [0.4, 0.5) is 0 Å². The van der Waals surface area contributed by atoms with Crippen LogP contribution in [0.5, 0.6) is 11.5 Å². The maximum atomic E-state index is 6.31. The van der Waals surface area contributed by atoms with Crippen LogP contribution in [0.25, 0.3) is 0 Å². The van der Waals surface area contributed by atoms with E-state index in [9.17, 15) is 0 Å². The molecule has 0 amide bonds. The summed E-state index contributed by atoms with van der Waals surface area (Å²) in [4.78, 5) is 0. The highest BCUT2D eigenvalue weighted by molar-refractivity contribution is 14.1. The first kappa shape index (κ1) is 44.3. The standard InChI is InChI=1S/C42H76I2O2/c1-3-5-7-9-11-13-15-17-19-21-23-25-27-29-31-33-37-45-41-39(43)35-36-40(44)42(41)46-38-34-32-30-28-26-24-22-20-18-16-14-12-10-8-6-4-2/h35-36H,3-34,37-38H2,1-2H3. The zero-order valence-corrected chi connectivity index (χ0v) is 35.1. The molecule has 1 aromatic carbocycles. The number of halogens is 2. The lowest BCUT2D eigenvalue weighted by molar-refractivity contribution is 0.255. The second-order valence-corrected chi connectivity index (χ2v) is 16.3. The molecule has 0 saturated carbocycles. The van der Waals surface area contributed by atoms with Gasteiger partial charge in [-0.1, -0.05) is 206 Å². The van der Waals surface area contributed by atoms with E-state index in [2.05, 4.69) is 71.2 Å². The van der Waals surface area contributed by atoms with Crippen LogP contribution in [0.1, 0.15) is 219 Å². The van der Waals surface area contributed by atoms with E-state index < -0.39 is 0 Å². The Kier molecular flexibility index (Phi) is 33.8. The topological polar surface area (TPSA) is 18.5 Å². The number of ether oxygens (including phenoxy) is 2. The highest BCUT2D eigenvalue weighted by Crippen LogP contribution is 2.37. The van der Waals surface area contributed by atoms with E-state index in [1.807, 2.05) is 0 Å². The van der Waals surface area contributed by atoms with Crippen molar-refractivity contribution in [3.05, 3.63) is 19.3 Å². The number of benzene rings is 1. The average molecular weight is 867 g/mol. The van der Waals surface area contributed by atoms with Crippen LogP contribution in [0.2, 0.25) is 0 Å². The molecule has 46 heavy (non-hydrogen) atoms. The van der Waals surface area contributed by atoms with Gasteiger partial charge in [0.15, 0.2) is 11.5 Å². The number of rotatable bonds is 36. The lowest BCUT2D eigenvalue weighted by Gasteiger charge is -2.16. The fourth-order valence-corrected chi connectivity index (χ4v) is 7.59. The van der Waals surface area contributed by atoms with Gasteiger partial charge in [0.1, 0.15) is 0 Å². The summed E-state index contributed by atoms with van der Waals surface area (Å²) in [7, 11) is 0. The van der Waals surface area contributed by atoms with E-state index in [-0.39, 0.29) is 0 Å². The maximum Gasteiger partial charge on any atom is 0.175 e. The minimum absolute atomic E-state index is 0.796. The molecule has 0 heterocycles. The summed E-state index contributed by atoms with van der Waals surface area (Å²) in [6.45, 7) is 6.19. The van der Waals surface area contributed by atoms with Gasteiger partial charge >= 0.3 is 0 Å². The van der Waals surface area contributed by atoms with Crippen molar-refractivity contribution in [1.29, 1.82) is 0 Å². The van der Waals surface area contributed by atoms with Gasteiger partial charge in [0.25, 0.3) is 0 Å². The van der Waals surface area contributed by atoms with Gasteiger partial charge in [-0.25, -0.2) is 0 Å². The molecule has 1 rings (SSSR count). The summed E-state index contributed by atoms with van der Waals surface area (Å²) in [5.41, 5.74) is 0. The molecular formula is C42H76I2O2. The van der Waals surface area contributed by atoms with Crippen molar-refractivity contribution in [3.63, 3.8) is 0 Å². The summed E-state index contributed by atoms with van der Waals surface area (Å²) < 4.78 is 15.0. The molecule has 270 valence electrons. The largest absolute Gasteiger partial charge is 0.489 e. The number of unbranched alkanes of at least 4 members (excludes halogenated alkanes) is 30. The molecule has 0 saturated heterocycles. The Morgan fingerprint density at radius 1 is 0.326 bits per heavy atom. The zero-order chi connectivity index (χ0) is 33.2. The van der Waals surface area contributed by atoms with E-state index in [4.69, 9.17) is 9.47 Å². The van der Waals surface area contributed by atoms with Crippen molar-refractivity contribution < 1.29 is 9.47 Å². The highest BCUT2D eigenvalue weighted by atomic mass is 127. The average Bonchev–Trinajstić information content (AvgIpc) is 3.06. The van der Waals surface area contributed by atoms with Crippen molar-refractivity contribution in [2.45, 2.75) is 219 Å². The molecule has 0 aromatic heterocycles. The van der Waals surface area contributed by atoms with Gasteiger partial charge in [-0.15, -0.1) is 0 Å². The fraction of sp³-hybridized carbons (Fsp3) is 0.857.